The van der Waals surface area contributed by atoms with Gasteiger partial charge in [-0.25, -0.2) is 0 Å². The highest BCUT2D eigenvalue weighted by Crippen LogP contribution is 2.15. The molecule has 3 N–H and O–H groups in total. The van der Waals surface area contributed by atoms with Gasteiger partial charge < -0.3 is 10.8 Å². The molecule has 0 saturated carbocycles. The number of rotatable bonds is 3. The van der Waals surface area contributed by atoms with E-state index in [4.69, 9.17) is 5.73 Å². The van der Waals surface area contributed by atoms with Gasteiger partial charge in [0.25, 0.3) is 0 Å². The molecule has 12 heavy (non-hydrogen) atoms. The molecule has 4 nitrogen and oxygen atoms in total. The van der Waals surface area contributed by atoms with Crippen LogP contribution in [-0.4, -0.2) is 21.4 Å². The first kappa shape index (κ1) is 9.22. The van der Waals surface area contributed by atoms with E-state index in [2.05, 4.69) is 5.10 Å². The Kier molecular flexibility index (Phi) is 2.83. The summed E-state index contributed by atoms with van der Waals surface area (Å²) in [5.74, 6) is 0. The van der Waals surface area contributed by atoms with E-state index in [1.54, 1.807) is 4.68 Å². The highest BCUT2D eigenvalue weighted by molar-refractivity contribution is 5.11. The molecule has 1 heterocycles. The number of aromatic nitrogens is 2. The van der Waals surface area contributed by atoms with Crippen molar-refractivity contribution in [1.82, 2.24) is 9.78 Å². The summed E-state index contributed by atoms with van der Waals surface area (Å²) in [4.78, 5) is 0. The van der Waals surface area contributed by atoms with E-state index in [0.29, 0.717) is 13.0 Å². The van der Waals surface area contributed by atoms with E-state index in [9.17, 15) is 5.11 Å². The van der Waals surface area contributed by atoms with Crippen LogP contribution in [0.2, 0.25) is 0 Å². The van der Waals surface area contributed by atoms with Crippen LogP contribution in [0.4, 0.5) is 0 Å². The standard InChI is InChI=1S/C8H15N3O/c1-6-5-7(11(2)10-6)8(12)3-4-9/h5,8,12H,3-4,9H2,1-2H3/t8-/m0/s1. The summed E-state index contributed by atoms with van der Waals surface area (Å²) in [5.41, 5.74) is 7.09. The molecule has 1 aromatic heterocycles. The van der Waals surface area contributed by atoms with E-state index in [-0.39, 0.29) is 0 Å². The molecule has 0 aliphatic rings. The molecule has 1 aromatic rings. The van der Waals surface area contributed by atoms with Gasteiger partial charge in [0.1, 0.15) is 0 Å². The fraction of sp³-hybridized carbons (Fsp3) is 0.625. The Balaban J connectivity index is 2.79. The van der Waals surface area contributed by atoms with Crippen molar-refractivity contribution in [2.75, 3.05) is 6.54 Å². The zero-order chi connectivity index (χ0) is 9.14. The van der Waals surface area contributed by atoms with Gasteiger partial charge in [-0.05, 0) is 26.0 Å². The van der Waals surface area contributed by atoms with Crippen molar-refractivity contribution >= 4 is 0 Å². The Morgan fingerprint density at radius 1 is 1.75 bits per heavy atom. The number of hydrogen-bond donors (Lipinski definition) is 2. The normalized spacial score (nSPS) is 13.3. The minimum atomic E-state index is -0.485. The summed E-state index contributed by atoms with van der Waals surface area (Å²) in [5, 5.41) is 13.7. The zero-order valence-corrected chi connectivity index (χ0v) is 7.49. The second-order valence-corrected chi connectivity index (χ2v) is 2.93. The lowest BCUT2D eigenvalue weighted by molar-refractivity contribution is 0.160. The summed E-state index contributed by atoms with van der Waals surface area (Å²) >= 11 is 0. The van der Waals surface area contributed by atoms with Gasteiger partial charge in [0.2, 0.25) is 0 Å². The second kappa shape index (κ2) is 3.69. The smallest absolute Gasteiger partial charge is 0.0968 e. The Morgan fingerprint density at radius 2 is 2.42 bits per heavy atom. The summed E-state index contributed by atoms with van der Waals surface area (Å²) < 4.78 is 1.69. The first-order chi connectivity index (χ1) is 5.65. The minimum absolute atomic E-state index is 0.485. The van der Waals surface area contributed by atoms with Gasteiger partial charge in [0, 0.05) is 7.05 Å². The maximum Gasteiger partial charge on any atom is 0.0968 e. The van der Waals surface area contributed by atoms with Crippen molar-refractivity contribution in [3.63, 3.8) is 0 Å². The maximum atomic E-state index is 9.57. The third kappa shape index (κ3) is 1.84. The van der Waals surface area contributed by atoms with Crippen molar-refractivity contribution < 1.29 is 5.11 Å². The molecule has 0 aromatic carbocycles. The number of nitrogens with two attached hydrogens (primary N) is 1. The zero-order valence-electron chi connectivity index (χ0n) is 7.49. The molecule has 1 atom stereocenters. The monoisotopic (exact) mass is 169 g/mol. The van der Waals surface area contributed by atoms with Crippen molar-refractivity contribution in [1.29, 1.82) is 0 Å². The minimum Gasteiger partial charge on any atom is -0.387 e. The topological polar surface area (TPSA) is 64.1 Å². The highest BCUT2D eigenvalue weighted by Gasteiger charge is 2.11. The van der Waals surface area contributed by atoms with Crippen LogP contribution in [0.5, 0.6) is 0 Å². The van der Waals surface area contributed by atoms with Crippen LogP contribution in [0.25, 0.3) is 0 Å². The third-order valence-corrected chi connectivity index (χ3v) is 1.82. The Hall–Kier alpha value is -0.870. The highest BCUT2D eigenvalue weighted by atomic mass is 16.3. The van der Waals surface area contributed by atoms with Gasteiger partial charge in [-0.15, -0.1) is 0 Å². The van der Waals surface area contributed by atoms with Gasteiger partial charge in [-0.1, -0.05) is 0 Å². The molecule has 0 amide bonds. The Morgan fingerprint density at radius 3 is 2.83 bits per heavy atom. The molecule has 0 saturated heterocycles. The fourth-order valence-corrected chi connectivity index (χ4v) is 1.25. The predicted molar refractivity (Wildman–Crippen MR) is 46.6 cm³/mol. The van der Waals surface area contributed by atoms with Crippen molar-refractivity contribution in [2.24, 2.45) is 12.8 Å². The summed E-state index contributed by atoms with van der Waals surface area (Å²) in [6, 6.07) is 1.88. The average molecular weight is 169 g/mol. The van der Waals surface area contributed by atoms with E-state index in [1.165, 1.54) is 0 Å². The first-order valence-electron chi connectivity index (χ1n) is 4.04. The van der Waals surface area contributed by atoms with Gasteiger partial charge in [-0.2, -0.15) is 5.10 Å². The van der Waals surface area contributed by atoms with Crippen molar-refractivity contribution in [3.05, 3.63) is 17.5 Å². The van der Waals surface area contributed by atoms with Crippen LogP contribution in [0.3, 0.4) is 0 Å². The number of hydrogen-bond acceptors (Lipinski definition) is 3. The lowest BCUT2D eigenvalue weighted by atomic mass is 10.2. The fourth-order valence-electron chi connectivity index (χ4n) is 1.25. The van der Waals surface area contributed by atoms with Crippen molar-refractivity contribution in [3.8, 4) is 0 Å². The molecular formula is C8H15N3O. The molecule has 1 rings (SSSR count). The van der Waals surface area contributed by atoms with E-state index < -0.39 is 6.10 Å². The van der Waals surface area contributed by atoms with Gasteiger partial charge in [0.15, 0.2) is 0 Å². The van der Waals surface area contributed by atoms with Crippen LogP contribution < -0.4 is 5.73 Å². The molecule has 0 aliphatic heterocycles. The third-order valence-electron chi connectivity index (χ3n) is 1.82. The SMILES string of the molecule is Cc1cc([C@@H](O)CCN)n(C)n1. The Bertz CT molecular complexity index is 257. The molecule has 0 fully saturated rings. The van der Waals surface area contributed by atoms with E-state index in [1.807, 2.05) is 20.0 Å². The van der Waals surface area contributed by atoms with Crippen LogP contribution in [0, 0.1) is 6.92 Å². The quantitative estimate of drug-likeness (QED) is 0.675. The van der Waals surface area contributed by atoms with Crippen molar-refractivity contribution in [2.45, 2.75) is 19.4 Å². The average Bonchev–Trinajstić information content (AvgIpc) is 2.30. The van der Waals surface area contributed by atoms with Crippen LogP contribution in [0.1, 0.15) is 23.9 Å². The lowest BCUT2D eigenvalue weighted by Crippen LogP contribution is -2.10. The molecule has 0 aliphatic carbocycles. The first-order valence-corrected chi connectivity index (χ1v) is 4.04. The van der Waals surface area contributed by atoms with Crippen LogP contribution in [-0.2, 0) is 7.05 Å². The largest absolute Gasteiger partial charge is 0.387 e. The molecule has 0 radical (unpaired) electrons. The lowest BCUT2D eigenvalue weighted by Gasteiger charge is -2.08. The Labute approximate surface area is 72.0 Å². The molecule has 0 unspecified atom stereocenters. The molecule has 68 valence electrons. The molecule has 4 heteroatoms. The number of aryl methyl sites for hydroxylation is 2. The van der Waals surface area contributed by atoms with E-state index in [0.717, 1.165) is 11.4 Å². The number of aliphatic hydroxyl groups is 1. The van der Waals surface area contributed by atoms with Gasteiger partial charge >= 0.3 is 0 Å². The maximum absolute atomic E-state index is 9.57. The van der Waals surface area contributed by atoms with Crippen LogP contribution in [0.15, 0.2) is 6.07 Å². The molecular weight excluding hydrogens is 154 g/mol. The van der Waals surface area contributed by atoms with E-state index >= 15 is 0 Å². The molecule has 0 spiro atoms. The second-order valence-electron chi connectivity index (χ2n) is 2.93. The summed E-state index contributed by atoms with van der Waals surface area (Å²) in [6.07, 6.45) is 0.0973. The summed E-state index contributed by atoms with van der Waals surface area (Å²) in [6.45, 7) is 2.39. The van der Waals surface area contributed by atoms with Gasteiger partial charge in [0.05, 0.1) is 17.5 Å². The van der Waals surface area contributed by atoms with Crippen LogP contribution >= 0.6 is 0 Å². The molecule has 0 bridgehead atoms. The van der Waals surface area contributed by atoms with Gasteiger partial charge in [-0.3, -0.25) is 4.68 Å². The predicted octanol–water partition coefficient (Wildman–Crippen LogP) is 0.111. The summed E-state index contributed by atoms with van der Waals surface area (Å²) in [7, 11) is 1.82. The number of nitrogens with zero attached hydrogens (tertiary/aromatic N) is 2. The number of aliphatic hydroxyl groups excluding tert-OH is 1.